The third-order valence-electron chi connectivity index (χ3n) is 2.29. The summed E-state index contributed by atoms with van der Waals surface area (Å²) in [6, 6.07) is 0. The highest BCUT2D eigenvalue weighted by Crippen LogP contribution is 2.24. The molecular weight excluding hydrogens is 138 g/mol. The molecule has 0 atom stereocenters. The van der Waals surface area contributed by atoms with Crippen molar-refractivity contribution in [3.8, 4) is 0 Å². The van der Waals surface area contributed by atoms with Gasteiger partial charge in [0.1, 0.15) is 0 Å². The second-order valence-corrected chi connectivity index (χ2v) is 3.20. The van der Waals surface area contributed by atoms with Gasteiger partial charge in [-0.2, -0.15) is 0 Å². The maximum absolute atomic E-state index is 5.20. The Bertz CT molecular complexity index is 91.6. The summed E-state index contributed by atoms with van der Waals surface area (Å²) in [6.07, 6.45) is 4.31. The van der Waals surface area contributed by atoms with Crippen molar-refractivity contribution >= 4 is 0 Å². The monoisotopic (exact) mass is 157 g/mol. The molecule has 11 heavy (non-hydrogen) atoms. The normalized spacial score (nSPS) is 18.3. The molecule has 0 aliphatic heterocycles. The summed E-state index contributed by atoms with van der Waals surface area (Å²) in [5.41, 5.74) is 0. The van der Waals surface area contributed by atoms with E-state index in [2.05, 4.69) is 5.32 Å². The molecule has 0 amide bonds. The fourth-order valence-corrected chi connectivity index (χ4v) is 1.29. The lowest BCUT2D eigenvalue weighted by atomic mass is 9.85. The molecule has 0 radical (unpaired) electrons. The second-order valence-electron chi connectivity index (χ2n) is 3.20. The Hall–Kier alpha value is -0.0800. The molecular formula is C9H19NO. The lowest BCUT2D eigenvalue weighted by Crippen LogP contribution is -2.29. The molecule has 0 unspecified atom stereocenters. The van der Waals surface area contributed by atoms with Gasteiger partial charge in [-0.05, 0) is 32.2 Å². The van der Waals surface area contributed by atoms with E-state index in [1.165, 1.54) is 25.8 Å². The topological polar surface area (TPSA) is 21.3 Å². The Morgan fingerprint density at radius 2 is 2.27 bits per heavy atom. The van der Waals surface area contributed by atoms with Gasteiger partial charge in [0.05, 0.1) is 6.61 Å². The summed E-state index contributed by atoms with van der Waals surface area (Å²) in [6.45, 7) is 5.96. The molecule has 1 aliphatic rings. The molecule has 0 heterocycles. The number of hydrogen-bond donors (Lipinski definition) is 1. The quantitative estimate of drug-likeness (QED) is 0.589. The van der Waals surface area contributed by atoms with Crippen molar-refractivity contribution < 1.29 is 4.74 Å². The maximum Gasteiger partial charge on any atom is 0.0590 e. The van der Waals surface area contributed by atoms with Gasteiger partial charge in [0.25, 0.3) is 0 Å². The zero-order chi connectivity index (χ0) is 7.94. The molecule has 0 aromatic carbocycles. The van der Waals surface area contributed by atoms with Crippen LogP contribution in [0, 0.1) is 5.92 Å². The van der Waals surface area contributed by atoms with Crippen LogP contribution < -0.4 is 5.32 Å². The van der Waals surface area contributed by atoms with Gasteiger partial charge in [-0.25, -0.2) is 0 Å². The summed E-state index contributed by atoms with van der Waals surface area (Å²) in [7, 11) is 0. The first-order valence-electron chi connectivity index (χ1n) is 4.72. The van der Waals surface area contributed by atoms with Crippen molar-refractivity contribution in [1.29, 1.82) is 0 Å². The van der Waals surface area contributed by atoms with E-state index in [1.54, 1.807) is 0 Å². The maximum atomic E-state index is 5.20. The van der Waals surface area contributed by atoms with Crippen LogP contribution in [0.5, 0.6) is 0 Å². The number of ether oxygens (including phenoxy) is 1. The molecule has 0 saturated heterocycles. The van der Waals surface area contributed by atoms with Crippen LogP contribution in [0.25, 0.3) is 0 Å². The summed E-state index contributed by atoms with van der Waals surface area (Å²) in [4.78, 5) is 0. The average molecular weight is 157 g/mol. The van der Waals surface area contributed by atoms with E-state index in [0.29, 0.717) is 0 Å². The molecule has 66 valence electrons. The number of nitrogens with one attached hydrogen (secondary N) is 1. The molecule has 1 fully saturated rings. The summed E-state index contributed by atoms with van der Waals surface area (Å²) in [5, 5.41) is 3.40. The second kappa shape index (κ2) is 5.56. The summed E-state index contributed by atoms with van der Waals surface area (Å²) in [5.74, 6) is 0.969. The van der Waals surface area contributed by atoms with Gasteiger partial charge in [-0.1, -0.05) is 6.42 Å². The SMILES string of the molecule is CCOCCNCC1CCC1. The van der Waals surface area contributed by atoms with E-state index in [-0.39, 0.29) is 0 Å². The molecule has 0 aromatic heterocycles. The van der Waals surface area contributed by atoms with E-state index in [1.807, 2.05) is 6.92 Å². The van der Waals surface area contributed by atoms with E-state index in [0.717, 1.165) is 25.7 Å². The Labute approximate surface area is 69.3 Å². The zero-order valence-electron chi connectivity index (χ0n) is 7.44. The Morgan fingerprint density at radius 1 is 1.45 bits per heavy atom. The molecule has 1 saturated carbocycles. The van der Waals surface area contributed by atoms with Crippen molar-refractivity contribution in [3.63, 3.8) is 0 Å². The first-order chi connectivity index (χ1) is 5.43. The largest absolute Gasteiger partial charge is 0.380 e. The van der Waals surface area contributed by atoms with Crippen molar-refractivity contribution in [3.05, 3.63) is 0 Å². The minimum atomic E-state index is 0.838. The van der Waals surface area contributed by atoms with E-state index in [9.17, 15) is 0 Å². The van der Waals surface area contributed by atoms with Crippen LogP contribution in [-0.2, 0) is 4.74 Å². The van der Waals surface area contributed by atoms with Gasteiger partial charge in [0.2, 0.25) is 0 Å². The molecule has 0 bridgehead atoms. The van der Waals surface area contributed by atoms with Gasteiger partial charge in [0.15, 0.2) is 0 Å². The Balaban J connectivity index is 1.73. The van der Waals surface area contributed by atoms with Crippen molar-refractivity contribution in [2.75, 3.05) is 26.3 Å². The summed E-state index contributed by atoms with van der Waals surface area (Å²) >= 11 is 0. The predicted molar refractivity (Wildman–Crippen MR) is 46.7 cm³/mol. The minimum absolute atomic E-state index is 0.838. The first-order valence-corrected chi connectivity index (χ1v) is 4.72. The van der Waals surface area contributed by atoms with Crippen LogP contribution >= 0.6 is 0 Å². The minimum Gasteiger partial charge on any atom is -0.380 e. The van der Waals surface area contributed by atoms with E-state index < -0.39 is 0 Å². The van der Waals surface area contributed by atoms with Crippen LogP contribution in [0.1, 0.15) is 26.2 Å². The van der Waals surface area contributed by atoms with Crippen LogP contribution in [0.3, 0.4) is 0 Å². The predicted octanol–water partition coefficient (Wildman–Crippen LogP) is 1.41. The average Bonchev–Trinajstić information content (AvgIpc) is 1.93. The van der Waals surface area contributed by atoms with Crippen LogP contribution in [0.4, 0.5) is 0 Å². The Morgan fingerprint density at radius 3 is 2.82 bits per heavy atom. The summed E-state index contributed by atoms with van der Waals surface area (Å²) < 4.78 is 5.20. The third kappa shape index (κ3) is 3.73. The molecule has 0 aromatic rings. The number of rotatable bonds is 6. The highest BCUT2D eigenvalue weighted by Gasteiger charge is 2.15. The van der Waals surface area contributed by atoms with Crippen molar-refractivity contribution in [2.45, 2.75) is 26.2 Å². The van der Waals surface area contributed by atoms with Gasteiger partial charge in [-0.15, -0.1) is 0 Å². The molecule has 2 heteroatoms. The van der Waals surface area contributed by atoms with Crippen LogP contribution in [-0.4, -0.2) is 26.3 Å². The van der Waals surface area contributed by atoms with Gasteiger partial charge in [0, 0.05) is 13.2 Å². The van der Waals surface area contributed by atoms with Crippen LogP contribution in [0.2, 0.25) is 0 Å². The lowest BCUT2D eigenvalue weighted by Gasteiger charge is -2.25. The Kier molecular flexibility index (Phi) is 4.55. The third-order valence-corrected chi connectivity index (χ3v) is 2.29. The van der Waals surface area contributed by atoms with Gasteiger partial charge >= 0.3 is 0 Å². The fourth-order valence-electron chi connectivity index (χ4n) is 1.29. The molecule has 0 spiro atoms. The molecule has 1 aliphatic carbocycles. The van der Waals surface area contributed by atoms with E-state index in [4.69, 9.17) is 4.74 Å². The zero-order valence-corrected chi connectivity index (χ0v) is 7.44. The molecule has 1 N–H and O–H groups in total. The lowest BCUT2D eigenvalue weighted by molar-refractivity contribution is 0.146. The highest BCUT2D eigenvalue weighted by molar-refractivity contribution is 4.71. The standard InChI is InChI=1S/C9H19NO/c1-2-11-7-6-10-8-9-4-3-5-9/h9-10H,2-8H2,1H3. The molecule has 1 rings (SSSR count). The fraction of sp³-hybridized carbons (Fsp3) is 1.00. The number of hydrogen-bond acceptors (Lipinski definition) is 2. The first kappa shape index (κ1) is 9.01. The smallest absolute Gasteiger partial charge is 0.0590 e. The van der Waals surface area contributed by atoms with Gasteiger partial charge in [-0.3, -0.25) is 0 Å². The van der Waals surface area contributed by atoms with Gasteiger partial charge < -0.3 is 10.1 Å². The highest BCUT2D eigenvalue weighted by atomic mass is 16.5. The van der Waals surface area contributed by atoms with E-state index >= 15 is 0 Å². The van der Waals surface area contributed by atoms with Crippen molar-refractivity contribution in [2.24, 2.45) is 5.92 Å². The van der Waals surface area contributed by atoms with Crippen LogP contribution in [0.15, 0.2) is 0 Å². The van der Waals surface area contributed by atoms with Crippen molar-refractivity contribution in [1.82, 2.24) is 5.32 Å². The molecule has 2 nitrogen and oxygen atoms in total.